The highest BCUT2D eigenvalue weighted by Crippen LogP contribution is 2.31. The number of halogens is 1. The van der Waals surface area contributed by atoms with Crippen molar-refractivity contribution >= 4 is 40.8 Å². The van der Waals surface area contributed by atoms with Gasteiger partial charge in [-0.2, -0.15) is 0 Å². The lowest BCUT2D eigenvalue weighted by Crippen LogP contribution is -2.45. The standard InChI is InChI=1S/C18H17ClN4O3/c1-18(2,3)23-15(24)11-7-6-10(9-12(11)16(23)25)21-17(26)22-13-5-4-8-20-14(13)19/h4-9H,1-3H3,(H2,21,22,26). The van der Waals surface area contributed by atoms with E-state index in [1.54, 1.807) is 39.0 Å². The first-order valence-corrected chi connectivity index (χ1v) is 8.28. The average molecular weight is 373 g/mol. The number of aromatic nitrogens is 1. The van der Waals surface area contributed by atoms with Crippen LogP contribution in [0.1, 0.15) is 41.5 Å². The maximum atomic E-state index is 12.6. The van der Waals surface area contributed by atoms with Gasteiger partial charge in [0, 0.05) is 17.4 Å². The molecule has 1 aliphatic rings. The van der Waals surface area contributed by atoms with E-state index in [1.807, 2.05) is 0 Å². The molecule has 0 fully saturated rings. The Morgan fingerprint density at radius 2 is 1.77 bits per heavy atom. The molecule has 26 heavy (non-hydrogen) atoms. The fourth-order valence-corrected chi connectivity index (χ4v) is 2.86. The monoisotopic (exact) mass is 372 g/mol. The van der Waals surface area contributed by atoms with Crippen molar-refractivity contribution in [3.63, 3.8) is 0 Å². The molecule has 1 aromatic carbocycles. The summed E-state index contributed by atoms with van der Waals surface area (Å²) in [6.45, 7) is 5.37. The van der Waals surface area contributed by atoms with Crippen LogP contribution in [-0.2, 0) is 0 Å². The Balaban J connectivity index is 1.80. The third kappa shape index (κ3) is 3.25. The molecule has 4 amide bonds. The van der Waals surface area contributed by atoms with Crippen molar-refractivity contribution in [2.24, 2.45) is 0 Å². The van der Waals surface area contributed by atoms with E-state index < -0.39 is 11.6 Å². The van der Waals surface area contributed by atoms with Crippen LogP contribution >= 0.6 is 11.6 Å². The van der Waals surface area contributed by atoms with Gasteiger partial charge >= 0.3 is 6.03 Å². The summed E-state index contributed by atoms with van der Waals surface area (Å²) in [5, 5.41) is 5.36. The summed E-state index contributed by atoms with van der Waals surface area (Å²) in [6.07, 6.45) is 1.51. The second-order valence-corrected chi connectivity index (χ2v) is 7.16. The Morgan fingerprint density at radius 1 is 1.08 bits per heavy atom. The van der Waals surface area contributed by atoms with Gasteiger partial charge in [0.15, 0.2) is 5.15 Å². The van der Waals surface area contributed by atoms with Crippen molar-refractivity contribution in [1.29, 1.82) is 0 Å². The number of nitrogens with one attached hydrogen (secondary N) is 2. The lowest BCUT2D eigenvalue weighted by molar-refractivity contribution is 0.0507. The first-order chi connectivity index (χ1) is 12.2. The zero-order chi connectivity index (χ0) is 19.1. The average Bonchev–Trinajstić information content (AvgIpc) is 2.80. The molecule has 0 bridgehead atoms. The summed E-state index contributed by atoms with van der Waals surface area (Å²) in [7, 11) is 0. The van der Waals surface area contributed by atoms with Crippen LogP contribution in [0.5, 0.6) is 0 Å². The summed E-state index contributed by atoms with van der Waals surface area (Å²) in [4.78, 5) is 42.3. The molecular formula is C18H17ClN4O3. The van der Waals surface area contributed by atoms with Gasteiger partial charge in [0.2, 0.25) is 0 Å². The molecule has 3 rings (SSSR count). The number of pyridine rings is 1. The van der Waals surface area contributed by atoms with Crippen LogP contribution in [0.4, 0.5) is 16.2 Å². The van der Waals surface area contributed by atoms with Crippen LogP contribution in [0.25, 0.3) is 0 Å². The molecule has 1 aromatic heterocycles. The zero-order valence-electron chi connectivity index (χ0n) is 14.5. The van der Waals surface area contributed by atoms with Crippen molar-refractivity contribution in [3.05, 3.63) is 52.8 Å². The van der Waals surface area contributed by atoms with Crippen LogP contribution in [0, 0.1) is 0 Å². The fraction of sp³-hybridized carbons (Fsp3) is 0.222. The van der Waals surface area contributed by atoms with Gasteiger partial charge in [-0.05, 0) is 51.1 Å². The number of urea groups is 1. The summed E-state index contributed by atoms with van der Waals surface area (Å²) >= 11 is 5.90. The predicted molar refractivity (Wildman–Crippen MR) is 98.6 cm³/mol. The molecule has 2 aromatic rings. The number of anilines is 2. The Morgan fingerprint density at radius 3 is 2.42 bits per heavy atom. The quantitative estimate of drug-likeness (QED) is 0.620. The summed E-state index contributed by atoms with van der Waals surface area (Å²) in [6, 6.07) is 7.31. The highest BCUT2D eigenvalue weighted by molar-refractivity contribution is 6.32. The lowest BCUT2D eigenvalue weighted by atomic mass is 10.1. The fourth-order valence-electron chi connectivity index (χ4n) is 2.69. The summed E-state index contributed by atoms with van der Waals surface area (Å²) in [5.74, 6) is -0.715. The molecule has 1 aliphatic heterocycles. The van der Waals surface area contributed by atoms with E-state index in [2.05, 4.69) is 15.6 Å². The smallest absolute Gasteiger partial charge is 0.308 e. The van der Waals surface area contributed by atoms with E-state index in [-0.39, 0.29) is 22.5 Å². The molecule has 0 unspecified atom stereocenters. The molecule has 0 saturated heterocycles. The molecule has 2 N–H and O–H groups in total. The molecule has 0 aliphatic carbocycles. The van der Waals surface area contributed by atoms with Crippen molar-refractivity contribution in [1.82, 2.24) is 9.88 Å². The Hall–Kier alpha value is -2.93. The van der Waals surface area contributed by atoms with E-state index in [9.17, 15) is 14.4 Å². The topological polar surface area (TPSA) is 91.4 Å². The number of carbonyl (C=O) groups is 3. The van der Waals surface area contributed by atoms with Gasteiger partial charge in [0.05, 0.1) is 16.8 Å². The number of fused-ring (bicyclic) bond motifs is 1. The molecule has 134 valence electrons. The second-order valence-electron chi connectivity index (χ2n) is 6.80. The van der Waals surface area contributed by atoms with Crippen LogP contribution in [0.2, 0.25) is 5.15 Å². The molecule has 0 saturated carbocycles. The first-order valence-electron chi connectivity index (χ1n) is 7.90. The number of imide groups is 1. The van der Waals surface area contributed by atoms with Crippen molar-refractivity contribution in [2.75, 3.05) is 10.6 Å². The van der Waals surface area contributed by atoms with E-state index in [0.717, 1.165) is 0 Å². The molecule has 0 atom stereocenters. The van der Waals surface area contributed by atoms with Crippen molar-refractivity contribution in [2.45, 2.75) is 26.3 Å². The highest BCUT2D eigenvalue weighted by atomic mass is 35.5. The van der Waals surface area contributed by atoms with Crippen LogP contribution in [-0.4, -0.2) is 33.3 Å². The van der Waals surface area contributed by atoms with Gasteiger partial charge in [-0.1, -0.05) is 11.6 Å². The van der Waals surface area contributed by atoms with Gasteiger partial charge in [0.25, 0.3) is 11.8 Å². The van der Waals surface area contributed by atoms with Gasteiger partial charge in [-0.25, -0.2) is 9.78 Å². The third-order valence-corrected chi connectivity index (χ3v) is 4.12. The Labute approximate surface area is 155 Å². The van der Waals surface area contributed by atoms with Gasteiger partial charge in [0.1, 0.15) is 0 Å². The van der Waals surface area contributed by atoms with Crippen LogP contribution in [0.3, 0.4) is 0 Å². The van der Waals surface area contributed by atoms with E-state index >= 15 is 0 Å². The number of amides is 4. The maximum absolute atomic E-state index is 12.6. The summed E-state index contributed by atoms with van der Waals surface area (Å²) in [5.41, 5.74) is 0.708. The first kappa shape index (κ1) is 17.9. The molecule has 7 nitrogen and oxygen atoms in total. The third-order valence-electron chi connectivity index (χ3n) is 3.82. The number of carbonyl (C=O) groups excluding carboxylic acids is 3. The van der Waals surface area contributed by atoms with Gasteiger partial charge in [-0.15, -0.1) is 0 Å². The SMILES string of the molecule is CC(C)(C)N1C(=O)c2ccc(NC(=O)Nc3cccnc3Cl)cc2C1=O. The van der Waals surface area contributed by atoms with E-state index in [4.69, 9.17) is 11.6 Å². The number of hydrogen-bond acceptors (Lipinski definition) is 4. The molecule has 8 heteroatoms. The number of benzene rings is 1. The number of nitrogens with zero attached hydrogens (tertiary/aromatic N) is 2. The van der Waals surface area contributed by atoms with E-state index in [1.165, 1.54) is 23.2 Å². The Bertz CT molecular complexity index is 921. The van der Waals surface area contributed by atoms with Crippen molar-refractivity contribution in [3.8, 4) is 0 Å². The normalized spacial score (nSPS) is 13.6. The molecule has 0 radical (unpaired) electrons. The molecular weight excluding hydrogens is 356 g/mol. The molecule has 2 heterocycles. The van der Waals surface area contributed by atoms with Crippen molar-refractivity contribution < 1.29 is 14.4 Å². The minimum absolute atomic E-state index is 0.165. The van der Waals surface area contributed by atoms with E-state index in [0.29, 0.717) is 16.9 Å². The zero-order valence-corrected chi connectivity index (χ0v) is 15.2. The van der Waals surface area contributed by atoms with Crippen LogP contribution in [0.15, 0.2) is 36.5 Å². The number of hydrogen-bond donors (Lipinski definition) is 2. The van der Waals surface area contributed by atoms with Crippen LogP contribution < -0.4 is 10.6 Å². The Kier molecular flexibility index (Phi) is 4.41. The van der Waals surface area contributed by atoms with Gasteiger partial charge < -0.3 is 10.6 Å². The van der Waals surface area contributed by atoms with Gasteiger partial charge in [-0.3, -0.25) is 14.5 Å². The number of rotatable bonds is 2. The lowest BCUT2D eigenvalue weighted by Gasteiger charge is -2.29. The molecule has 0 spiro atoms. The minimum atomic E-state index is -0.630. The maximum Gasteiger partial charge on any atom is 0.323 e. The minimum Gasteiger partial charge on any atom is -0.308 e. The largest absolute Gasteiger partial charge is 0.323 e. The summed E-state index contributed by atoms with van der Waals surface area (Å²) < 4.78 is 0. The highest BCUT2D eigenvalue weighted by Gasteiger charge is 2.41. The predicted octanol–water partition coefficient (Wildman–Crippen LogP) is 3.77. The second kappa shape index (κ2) is 6.42.